The summed E-state index contributed by atoms with van der Waals surface area (Å²) in [5.41, 5.74) is 0.949. The van der Waals surface area contributed by atoms with Crippen LogP contribution in [0.2, 0.25) is 0 Å². The van der Waals surface area contributed by atoms with Crippen molar-refractivity contribution in [2.24, 2.45) is 0 Å². The third kappa shape index (κ3) is 4.92. The second kappa shape index (κ2) is 8.86. The molecule has 0 aromatic heterocycles. The molecule has 0 amide bonds. The zero-order valence-corrected chi connectivity index (χ0v) is 18.7. The van der Waals surface area contributed by atoms with Gasteiger partial charge in [-0.05, 0) is 48.9 Å². The summed E-state index contributed by atoms with van der Waals surface area (Å²) in [5, 5.41) is 0. The number of anilines is 2. The van der Waals surface area contributed by atoms with E-state index in [9.17, 15) is 16.8 Å². The molecule has 10 heteroatoms. The highest BCUT2D eigenvalue weighted by molar-refractivity contribution is 7.93. The summed E-state index contributed by atoms with van der Waals surface area (Å²) in [5.74, 6) is 0.532. The number of hydrogen-bond donors (Lipinski definition) is 2. The summed E-state index contributed by atoms with van der Waals surface area (Å²) in [6, 6.07) is 16.9. The van der Waals surface area contributed by atoms with Crippen molar-refractivity contribution < 1.29 is 26.3 Å². The van der Waals surface area contributed by atoms with Crippen LogP contribution in [0.15, 0.2) is 76.5 Å². The van der Waals surface area contributed by atoms with E-state index in [0.29, 0.717) is 11.3 Å². The van der Waals surface area contributed by atoms with E-state index in [0.717, 1.165) is 0 Å². The van der Waals surface area contributed by atoms with E-state index >= 15 is 0 Å². The van der Waals surface area contributed by atoms with Crippen LogP contribution in [-0.2, 0) is 20.0 Å². The molecule has 0 spiro atoms. The third-order valence-corrected chi connectivity index (χ3v) is 7.24. The van der Waals surface area contributed by atoms with E-state index in [2.05, 4.69) is 9.44 Å². The van der Waals surface area contributed by atoms with Crippen molar-refractivity contribution in [2.75, 3.05) is 23.7 Å². The molecule has 0 bridgehead atoms. The van der Waals surface area contributed by atoms with Crippen molar-refractivity contribution >= 4 is 31.4 Å². The molecule has 8 nitrogen and oxygen atoms in total. The molecule has 3 aromatic rings. The Labute approximate surface area is 181 Å². The minimum Gasteiger partial charge on any atom is -0.495 e. The van der Waals surface area contributed by atoms with Crippen LogP contribution in [-0.4, -0.2) is 31.1 Å². The van der Waals surface area contributed by atoms with E-state index in [4.69, 9.17) is 9.47 Å². The average molecular weight is 463 g/mol. The van der Waals surface area contributed by atoms with Crippen LogP contribution < -0.4 is 18.9 Å². The normalized spacial score (nSPS) is 11.6. The molecule has 3 aromatic carbocycles. The number of hydrogen-bond acceptors (Lipinski definition) is 6. The summed E-state index contributed by atoms with van der Waals surface area (Å²) in [6.45, 7) is 1.67. The summed E-state index contributed by atoms with van der Waals surface area (Å²) < 4.78 is 66.8. The molecule has 0 heterocycles. The van der Waals surface area contributed by atoms with Gasteiger partial charge in [0.2, 0.25) is 0 Å². The zero-order valence-electron chi connectivity index (χ0n) is 17.1. The summed E-state index contributed by atoms with van der Waals surface area (Å²) >= 11 is 0. The number of benzene rings is 3. The lowest BCUT2D eigenvalue weighted by Crippen LogP contribution is -2.17. The van der Waals surface area contributed by atoms with Crippen molar-refractivity contribution in [1.82, 2.24) is 0 Å². The van der Waals surface area contributed by atoms with Crippen LogP contribution in [0.4, 0.5) is 11.4 Å². The maximum atomic E-state index is 12.9. The molecular weight excluding hydrogens is 440 g/mol. The molecule has 0 aliphatic heterocycles. The van der Waals surface area contributed by atoms with Crippen LogP contribution in [0, 0.1) is 6.92 Å². The first-order valence-corrected chi connectivity index (χ1v) is 12.1. The Bertz CT molecular complexity index is 1300. The van der Waals surface area contributed by atoms with Crippen LogP contribution in [0.5, 0.6) is 11.5 Å². The molecule has 164 valence electrons. The van der Waals surface area contributed by atoms with Gasteiger partial charge in [0.15, 0.2) is 0 Å². The molecule has 0 unspecified atom stereocenters. The van der Waals surface area contributed by atoms with Crippen molar-refractivity contribution in [2.45, 2.75) is 16.7 Å². The standard InChI is InChI=1S/C21H22N2O6S2/c1-15-12-13-16(30(24,25)22-17-8-4-5-9-19(17)28-2)14-18(15)23-31(26,27)21-11-7-6-10-20(21)29-3/h4-14,22-23H,1-3H3. The Morgan fingerprint density at radius 2 is 1.26 bits per heavy atom. The van der Waals surface area contributed by atoms with E-state index in [1.54, 1.807) is 43.3 Å². The van der Waals surface area contributed by atoms with E-state index in [-0.39, 0.29) is 26.9 Å². The molecule has 0 radical (unpaired) electrons. The number of ether oxygens (including phenoxy) is 2. The molecule has 3 rings (SSSR count). The third-order valence-electron chi connectivity index (χ3n) is 4.47. The van der Waals surface area contributed by atoms with Crippen molar-refractivity contribution in [3.8, 4) is 11.5 Å². The second-order valence-corrected chi connectivity index (χ2v) is 9.87. The molecule has 0 aliphatic rings. The van der Waals surface area contributed by atoms with E-state index in [1.807, 2.05) is 0 Å². The number of nitrogens with one attached hydrogen (secondary N) is 2. The fourth-order valence-electron chi connectivity index (χ4n) is 2.85. The number of sulfonamides is 2. The van der Waals surface area contributed by atoms with Gasteiger partial charge in [0, 0.05) is 0 Å². The second-order valence-electron chi connectivity index (χ2n) is 6.54. The highest BCUT2D eigenvalue weighted by Gasteiger charge is 2.22. The van der Waals surface area contributed by atoms with Gasteiger partial charge < -0.3 is 9.47 Å². The zero-order chi connectivity index (χ0) is 22.6. The molecule has 0 aliphatic carbocycles. The molecule has 0 fully saturated rings. The van der Waals surface area contributed by atoms with Gasteiger partial charge in [-0.2, -0.15) is 0 Å². The first-order valence-electron chi connectivity index (χ1n) is 9.10. The first kappa shape index (κ1) is 22.4. The van der Waals surface area contributed by atoms with Gasteiger partial charge in [-0.25, -0.2) is 16.8 Å². The summed E-state index contributed by atoms with van der Waals surface area (Å²) in [6.07, 6.45) is 0. The van der Waals surface area contributed by atoms with Crippen LogP contribution in [0.3, 0.4) is 0 Å². The lowest BCUT2D eigenvalue weighted by molar-refractivity contribution is 0.403. The Morgan fingerprint density at radius 1 is 0.677 bits per heavy atom. The highest BCUT2D eigenvalue weighted by atomic mass is 32.2. The molecular formula is C21H22N2O6S2. The Kier molecular flexibility index (Phi) is 6.42. The van der Waals surface area contributed by atoms with Gasteiger partial charge in [0.1, 0.15) is 16.4 Å². The molecule has 0 saturated carbocycles. The van der Waals surface area contributed by atoms with Crippen molar-refractivity contribution in [3.05, 3.63) is 72.3 Å². The van der Waals surface area contributed by atoms with E-state index in [1.165, 1.54) is 44.6 Å². The quantitative estimate of drug-likeness (QED) is 0.529. The van der Waals surface area contributed by atoms with Gasteiger partial charge in [0.25, 0.3) is 20.0 Å². The van der Waals surface area contributed by atoms with Gasteiger partial charge >= 0.3 is 0 Å². The van der Waals surface area contributed by atoms with Crippen molar-refractivity contribution in [1.29, 1.82) is 0 Å². The van der Waals surface area contributed by atoms with Gasteiger partial charge in [-0.1, -0.05) is 30.3 Å². The lowest BCUT2D eigenvalue weighted by Gasteiger charge is -2.15. The SMILES string of the molecule is COc1ccccc1NS(=O)(=O)c1ccc(C)c(NS(=O)(=O)c2ccccc2OC)c1. The van der Waals surface area contributed by atoms with Gasteiger partial charge in [-0.15, -0.1) is 0 Å². The van der Waals surface area contributed by atoms with Crippen LogP contribution in [0.25, 0.3) is 0 Å². The number of methoxy groups -OCH3 is 2. The Hall–Kier alpha value is -3.24. The first-order chi connectivity index (χ1) is 14.7. The van der Waals surface area contributed by atoms with Gasteiger partial charge in [-0.3, -0.25) is 9.44 Å². The molecule has 0 atom stereocenters. The molecule has 0 saturated heterocycles. The Balaban J connectivity index is 1.96. The van der Waals surface area contributed by atoms with Crippen LogP contribution >= 0.6 is 0 Å². The topological polar surface area (TPSA) is 111 Å². The Morgan fingerprint density at radius 3 is 1.94 bits per heavy atom. The minimum absolute atomic E-state index is 0.0580. The lowest BCUT2D eigenvalue weighted by atomic mass is 10.2. The largest absolute Gasteiger partial charge is 0.495 e. The predicted octanol–water partition coefficient (Wildman–Crippen LogP) is 3.61. The smallest absolute Gasteiger partial charge is 0.265 e. The maximum absolute atomic E-state index is 12.9. The fourth-order valence-corrected chi connectivity index (χ4v) is 5.24. The van der Waals surface area contributed by atoms with Crippen LogP contribution in [0.1, 0.15) is 5.56 Å². The van der Waals surface area contributed by atoms with E-state index < -0.39 is 20.0 Å². The average Bonchev–Trinajstić information content (AvgIpc) is 2.75. The molecule has 2 N–H and O–H groups in total. The fraction of sp³-hybridized carbons (Fsp3) is 0.143. The summed E-state index contributed by atoms with van der Waals surface area (Å²) in [4.78, 5) is -0.168. The summed E-state index contributed by atoms with van der Waals surface area (Å²) in [7, 11) is -5.22. The number of aryl methyl sites for hydroxylation is 1. The number of rotatable bonds is 8. The monoisotopic (exact) mass is 462 g/mol. The van der Waals surface area contributed by atoms with Crippen molar-refractivity contribution in [3.63, 3.8) is 0 Å². The minimum atomic E-state index is -4.02. The van der Waals surface area contributed by atoms with Gasteiger partial charge in [0.05, 0.1) is 30.5 Å². The predicted molar refractivity (Wildman–Crippen MR) is 119 cm³/mol. The molecule has 31 heavy (non-hydrogen) atoms. The number of para-hydroxylation sites is 3. The maximum Gasteiger partial charge on any atom is 0.265 e. The highest BCUT2D eigenvalue weighted by Crippen LogP contribution is 2.30.